The third kappa shape index (κ3) is 4.98. The SMILES string of the molecule is CN1CC[N+](=C2C(=CC=C3N(C)c4ccccc4C3(C)C)CCC/C2=C\C=C2\N(C)c3ccccc3C2(C)C)CC1.[CH3-]. The van der Waals surface area contributed by atoms with E-state index in [1.54, 1.807) is 0 Å². The summed E-state index contributed by atoms with van der Waals surface area (Å²) in [6.45, 7) is 13.8. The fourth-order valence-corrected chi connectivity index (χ4v) is 7.64. The van der Waals surface area contributed by atoms with Crippen LogP contribution in [0.2, 0.25) is 0 Å². The molecule has 2 fully saturated rings. The van der Waals surface area contributed by atoms with Crippen molar-refractivity contribution in [3.05, 3.63) is 114 Å². The van der Waals surface area contributed by atoms with Crippen molar-refractivity contribution < 1.29 is 4.58 Å². The minimum atomic E-state index is -0.0121. The molecule has 4 aliphatic rings. The van der Waals surface area contributed by atoms with Crippen molar-refractivity contribution in [1.29, 1.82) is 0 Å². The van der Waals surface area contributed by atoms with Gasteiger partial charge in [-0.25, -0.2) is 4.58 Å². The number of piperazine rings is 1. The molecule has 0 radical (unpaired) electrons. The van der Waals surface area contributed by atoms with Crippen molar-refractivity contribution in [3.8, 4) is 0 Å². The average Bonchev–Trinajstić information content (AvgIpc) is 3.28. The predicted octanol–water partition coefficient (Wildman–Crippen LogP) is 7.50. The van der Waals surface area contributed by atoms with E-state index in [2.05, 4.69) is 141 Å². The first-order chi connectivity index (χ1) is 19.6. The molecule has 0 atom stereocenters. The first-order valence-electron chi connectivity index (χ1n) is 15.4. The lowest BCUT2D eigenvalue weighted by atomic mass is 9.82. The van der Waals surface area contributed by atoms with Gasteiger partial charge in [-0.2, -0.15) is 0 Å². The molecule has 0 aromatic heterocycles. The number of rotatable bonds is 2. The van der Waals surface area contributed by atoms with Crippen LogP contribution in [0.15, 0.2) is 95.4 Å². The second-order valence-electron chi connectivity index (χ2n) is 13.4. The number of fused-ring (bicyclic) bond motifs is 2. The molecule has 3 aliphatic heterocycles. The predicted molar refractivity (Wildman–Crippen MR) is 181 cm³/mol. The molecule has 1 saturated carbocycles. The monoisotopic (exact) mass is 562 g/mol. The van der Waals surface area contributed by atoms with Gasteiger partial charge in [-0.3, -0.25) is 4.90 Å². The first kappa shape index (κ1) is 30.1. The van der Waals surface area contributed by atoms with Crippen LogP contribution in [-0.4, -0.2) is 62.5 Å². The second kappa shape index (κ2) is 11.4. The van der Waals surface area contributed by atoms with Gasteiger partial charge >= 0.3 is 0 Å². The molecular weight excluding hydrogens is 512 g/mol. The molecule has 2 aromatic rings. The molecule has 2 aromatic carbocycles. The van der Waals surface area contributed by atoms with Gasteiger partial charge in [-0.15, -0.1) is 0 Å². The highest BCUT2D eigenvalue weighted by Gasteiger charge is 2.39. The number of nitrogens with zero attached hydrogens (tertiary/aromatic N) is 4. The van der Waals surface area contributed by atoms with E-state index in [1.807, 2.05) is 0 Å². The van der Waals surface area contributed by atoms with Crippen LogP contribution >= 0.6 is 0 Å². The summed E-state index contributed by atoms with van der Waals surface area (Å²) in [5.74, 6) is 0. The lowest BCUT2D eigenvalue weighted by Crippen LogP contribution is -2.43. The summed E-state index contributed by atoms with van der Waals surface area (Å²) in [5, 5.41) is 0. The molecule has 6 rings (SSSR count). The third-order valence-electron chi connectivity index (χ3n) is 10.1. The normalized spacial score (nSPS) is 25.4. The zero-order valence-corrected chi connectivity index (χ0v) is 27.2. The zero-order chi connectivity index (χ0) is 28.9. The molecule has 0 spiro atoms. The standard InChI is InChI=1S/C37H47N4.CH3/c1-36(2)29-15-8-10-17-31(29)39(6)33(36)21-19-27-13-12-14-28(35(27)41-25-23-38(5)24-26-41)20-22-34-37(3,4)30-16-9-11-18-32(30)40(34)7;/h8-11,15-22H,12-14,23-26H2,1-7H3;1H3/q+1;-1. The molecule has 222 valence electrons. The van der Waals surface area contributed by atoms with E-state index < -0.39 is 0 Å². The summed E-state index contributed by atoms with van der Waals surface area (Å²) in [4.78, 5) is 7.24. The van der Waals surface area contributed by atoms with Gasteiger partial charge in [0.05, 0.1) is 13.1 Å². The Bertz CT molecular complexity index is 1400. The fraction of sp³-hybridized carbons (Fsp3) is 0.421. The summed E-state index contributed by atoms with van der Waals surface area (Å²) >= 11 is 0. The molecule has 0 amide bonds. The minimum Gasteiger partial charge on any atom is -0.358 e. The van der Waals surface area contributed by atoms with E-state index in [4.69, 9.17) is 0 Å². The molecule has 4 heteroatoms. The highest BCUT2D eigenvalue weighted by molar-refractivity contribution is 6.10. The van der Waals surface area contributed by atoms with Crippen molar-refractivity contribution in [2.24, 2.45) is 0 Å². The number of likely N-dealkylation sites (N-methyl/N-ethyl adjacent to an activating group) is 3. The van der Waals surface area contributed by atoms with Crippen LogP contribution in [0.1, 0.15) is 58.1 Å². The zero-order valence-electron chi connectivity index (χ0n) is 27.2. The Morgan fingerprint density at radius 1 is 0.643 bits per heavy atom. The van der Waals surface area contributed by atoms with Crippen molar-refractivity contribution in [1.82, 2.24) is 4.90 Å². The van der Waals surface area contributed by atoms with E-state index in [0.29, 0.717) is 0 Å². The van der Waals surface area contributed by atoms with Gasteiger partial charge < -0.3 is 17.2 Å². The molecule has 1 aliphatic carbocycles. The van der Waals surface area contributed by atoms with E-state index in [1.165, 1.54) is 57.2 Å². The Labute approximate surface area is 255 Å². The highest BCUT2D eigenvalue weighted by atomic mass is 15.2. The van der Waals surface area contributed by atoms with Crippen LogP contribution in [0, 0.1) is 7.43 Å². The number of benzene rings is 2. The third-order valence-corrected chi connectivity index (χ3v) is 10.1. The Balaban J connectivity index is 0.00000353. The summed E-state index contributed by atoms with van der Waals surface area (Å²) in [6.07, 6.45) is 13.2. The minimum absolute atomic E-state index is 0. The maximum Gasteiger partial charge on any atom is 0.206 e. The lowest BCUT2D eigenvalue weighted by Gasteiger charge is -2.27. The smallest absolute Gasteiger partial charge is 0.206 e. The molecule has 42 heavy (non-hydrogen) atoms. The number of hydrogen-bond donors (Lipinski definition) is 0. The van der Waals surface area contributed by atoms with Crippen LogP contribution < -0.4 is 9.80 Å². The molecule has 0 unspecified atom stereocenters. The van der Waals surface area contributed by atoms with Gasteiger partial charge in [0.2, 0.25) is 5.71 Å². The molecule has 4 nitrogen and oxygen atoms in total. The van der Waals surface area contributed by atoms with Gasteiger partial charge in [0, 0.05) is 58.8 Å². The van der Waals surface area contributed by atoms with Crippen molar-refractivity contribution in [3.63, 3.8) is 0 Å². The molecule has 3 heterocycles. The highest BCUT2D eigenvalue weighted by Crippen LogP contribution is 2.48. The number of allylic oxidation sites excluding steroid dienone is 8. The van der Waals surface area contributed by atoms with Gasteiger partial charge in [0.25, 0.3) is 0 Å². The maximum atomic E-state index is 2.67. The average molecular weight is 563 g/mol. The van der Waals surface area contributed by atoms with Crippen LogP contribution in [0.5, 0.6) is 0 Å². The van der Waals surface area contributed by atoms with E-state index in [9.17, 15) is 0 Å². The van der Waals surface area contributed by atoms with Gasteiger partial charge in [-0.1, -0.05) is 76.2 Å². The maximum absolute atomic E-state index is 2.67. The van der Waals surface area contributed by atoms with E-state index in [0.717, 1.165) is 39.0 Å². The Hall–Kier alpha value is -3.37. The van der Waals surface area contributed by atoms with Crippen molar-refractivity contribution in [2.75, 3.05) is 57.1 Å². The van der Waals surface area contributed by atoms with Gasteiger partial charge in [-0.05, 0) is 61.7 Å². The summed E-state index contributed by atoms with van der Waals surface area (Å²) in [7, 11) is 6.69. The summed E-state index contributed by atoms with van der Waals surface area (Å²) in [6, 6.07) is 17.7. The molecule has 0 N–H and O–H groups in total. The number of para-hydroxylation sites is 2. The number of anilines is 2. The largest absolute Gasteiger partial charge is 0.358 e. The van der Waals surface area contributed by atoms with Crippen LogP contribution in [0.25, 0.3) is 0 Å². The summed E-state index contributed by atoms with van der Waals surface area (Å²) in [5.41, 5.74) is 12.6. The van der Waals surface area contributed by atoms with Crippen LogP contribution in [-0.2, 0) is 10.8 Å². The summed E-state index contributed by atoms with van der Waals surface area (Å²) < 4.78 is 2.67. The Kier molecular flexibility index (Phi) is 8.15. The lowest BCUT2D eigenvalue weighted by molar-refractivity contribution is -0.538. The topological polar surface area (TPSA) is 12.7 Å². The van der Waals surface area contributed by atoms with Crippen LogP contribution in [0.4, 0.5) is 11.4 Å². The molecular formula is C38H50N4. The molecule has 1 saturated heterocycles. The second-order valence-corrected chi connectivity index (χ2v) is 13.4. The van der Waals surface area contributed by atoms with E-state index in [-0.39, 0.29) is 18.3 Å². The van der Waals surface area contributed by atoms with Crippen molar-refractivity contribution in [2.45, 2.75) is 57.8 Å². The Morgan fingerprint density at radius 2 is 1.07 bits per heavy atom. The molecule has 0 bridgehead atoms. The van der Waals surface area contributed by atoms with Crippen molar-refractivity contribution >= 4 is 17.1 Å². The quantitative estimate of drug-likeness (QED) is 0.278. The fourth-order valence-electron chi connectivity index (χ4n) is 7.64. The number of hydrogen-bond acceptors (Lipinski definition) is 3. The van der Waals surface area contributed by atoms with Crippen LogP contribution in [0.3, 0.4) is 0 Å². The first-order valence-corrected chi connectivity index (χ1v) is 15.4. The van der Waals surface area contributed by atoms with Gasteiger partial charge in [0.1, 0.15) is 0 Å². The Morgan fingerprint density at radius 3 is 1.50 bits per heavy atom. The van der Waals surface area contributed by atoms with Gasteiger partial charge in [0.15, 0.2) is 13.1 Å². The van der Waals surface area contributed by atoms with E-state index >= 15 is 0 Å².